The van der Waals surface area contributed by atoms with Crippen molar-refractivity contribution >= 4 is 21.6 Å². The first kappa shape index (κ1) is 10.9. The Morgan fingerprint density at radius 1 is 1.06 bits per heavy atom. The van der Waals surface area contributed by atoms with E-state index in [1.165, 1.54) is 54.0 Å². The van der Waals surface area contributed by atoms with Crippen LogP contribution >= 0.6 is 11.3 Å². The first-order valence-corrected chi connectivity index (χ1v) is 7.81. The van der Waals surface area contributed by atoms with Gasteiger partial charge in [-0.15, -0.1) is 11.3 Å². The Morgan fingerprint density at radius 3 is 2.56 bits per heavy atom. The van der Waals surface area contributed by atoms with E-state index in [0.717, 1.165) is 6.04 Å². The Labute approximate surface area is 112 Å². The predicted octanol–water partition coefficient (Wildman–Crippen LogP) is 3.64. The highest BCUT2D eigenvalue weighted by Crippen LogP contribution is 2.37. The van der Waals surface area contributed by atoms with Crippen molar-refractivity contribution in [2.75, 3.05) is 13.1 Å². The Bertz CT molecular complexity index is 517. The lowest BCUT2D eigenvalue weighted by Crippen LogP contribution is -2.34. The summed E-state index contributed by atoms with van der Waals surface area (Å²) in [5, 5.41) is 1.37. The lowest BCUT2D eigenvalue weighted by molar-refractivity contribution is 0.203. The quantitative estimate of drug-likeness (QED) is 0.817. The number of likely N-dealkylation sites (tertiary alicyclic amines) is 1. The zero-order valence-electron chi connectivity index (χ0n) is 10.5. The van der Waals surface area contributed by atoms with Gasteiger partial charge in [0, 0.05) is 12.0 Å². The lowest BCUT2D eigenvalue weighted by atomic mass is 9.97. The van der Waals surface area contributed by atoms with Crippen LogP contribution in [-0.4, -0.2) is 29.0 Å². The first-order chi connectivity index (χ1) is 8.90. The largest absolute Gasteiger partial charge is 0.300 e. The summed E-state index contributed by atoms with van der Waals surface area (Å²) < 4.78 is 1.34. The molecule has 2 fully saturated rings. The van der Waals surface area contributed by atoms with Gasteiger partial charge in [-0.05, 0) is 50.9 Å². The molecule has 0 unspecified atom stereocenters. The standard InChI is InChI=1S/C15H18N2S/c1-2-4-14-13(3-1)16-15(18-14)11-7-9-17(10-8-11)12-5-6-12/h1-4,11-12H,5-10H2. The van der Waals surface area contributed by atoms with Gasteiger partial charge in [0.2, 0.25) is 0 Å². The van der Waals surface area contributed by atoms with Crippen LogP contribution in [-0.2, 0) is 0 Å². The molecule has 0 amide bonds. The number of nitrogens with zero attached hydrogens (tertiary/aromatic N) is 2. The molecule has 2 nitrogen and oxygen atoms in total. The fraction of sp³-hybridized carbons (Fsp3) is 0.533. The third-order valence-corrected chi connectivity index (χ3v) is 5.45. The number of fused-ring (bicyclic) bond motifs is 1. The minimum atomic E-state index is 0.706. The summed E-state index contributed by atoms with van der Waals surface area (Å²) in [5.41, 5.74) is 1.18. The van der Waals surface area contributed by atoms with Gasteiger partial charge in [-0.25, -0.2) is 4.98 Å². The first-order valence-electron chi connectivity index (χ1n) is 7.00. The van der Waals surface area contributed by atoms with Gasteiger partial charge >= 0.3 is 0 Å². The molecule has 4 rings (SSSR count). The maximum Gasteiger partial charge on any atom is 0.0970 e. The minimum Gasteiger partial charge on any atom is -0.300 e. The molecule has 2 aliphatic rings. The van der Waals surface area contributed by atoms with E-state index in [1.807, 2.05) is 11.3 Å². The van der Waals surface area contributed by atoms with Crippen molar-refractivity contribution in [2.24, 2.45) is 0 Å². The Morgan fingerprint density at radius 2 is 1.83 bits per heavy atom. The van der Waals surface area contributed by atoms with E-state index in [1.54, 1.807) is 0 Å². The van der Waals surface area contributed by atoms with E-state index in [-0.39, 0.29) is 0 Å². The molecular formula is C15H18N2S. The number of hydrogen-bond donors (Lipinski definition) is 0. The van der Waals surface area contributed by atoms with E-state index >= 15 is 0 Å². The number of benzene rings is 1. The molecule has 1 saturated carbocycles. The molecule has 3 heteroatoms. The average Bonchev–Trinajstić information content (AvgIpc) is 3.18. The molecule has 94 valence electrons. The monoisotopic (exact) mass is 258 g/mol. The summed E-state index contributed by atoms with van der Waals surface area (Å²) in [7, 11) is 0. The zero-order chi connectivity index (χ0) is 11.9. The van der Waals surface area contributed by atoms with Crippen LogP contribution in [0.25, 0.3) is 10.2 Å². The molecule has 0 spiro atoms. The molecule has 18 heavy (non-hydrogen) atoms. The van der Waals surface area contributed by atoms with Crippen LogP contribution in [0.4, 0.5) is 0 Å². The summed E-state index contributed by atoms with van der Waals surface area (Å²) in [6, 6.07) is 9.45. The predicted molar refractivity (Wildman–Crippen MR) is 76.2 cm³/mol. The van der Waals surface area contributed by atoms with Crippen molar-refractivity contribution in [1.29, 1.82) is 0 Å². The van der Waals surface area contributed by atoms with E-state index in [0.29, 0.717) is 5.92 Å². The zero-order valence-corrected chi connectivity index (χ0v) is 11.3. The molecule has 1 aromatic carbocycles. The normalized spacial score (nSPS) is 22.7. The van der Waals surface area contributed by atoms with Gasteiger partial charge in [0.05, 0.1) is 15.2 Å². The molecule has 0 bridgehead atoms. The smallest absolute Gasteiger partial charge is 0.0970 e. The van der Waals surface area contributed by atoms with Crippen molar-refractivity contribution in [2.45, 2.75) is 37.6 Å². The van der Waals surface area contributed by atoms with Gasteiger partial charge in [0.25, 0.3) is 0 Å². The minimum absolute atomic E-state index is 0.706. The molecule has 1 aliphatic heterocycles. The maximum atomic E-state index is 4.82. The molecule has 1 saturated heterocycles. The Kier molecular flexibility index (Phi) is 2.63. The van der Waals surface area contributed by atoms with Crippen LogP contribution in [0.5, 0.6) is 0 Å². The van der Waals surface area contributed by atoms with Gasteiger partial charge < -0.3 is 4.90 Å². The van der Waals surface area contributed by atoms with Gasteiger partial charge in [0.15, 0.2) is 0 Å². The number of aromatic nitrogens is 1. The summed E-state index contributed by atoms with van der Waals surface area (Å²) >= 11 is 1.90. The summed E-state index contributed by atoms with van der Waals surface area (Å²) in [6.45, 7) is 2.57. The van der Waals surface area contributed by atoms with Gasteiger partial charge in [0.1, 0.15) is 0 Å². The number of piperidine rings is 1. The van der Waals surface area contributed by atoms with E-state index in [9.17, 15) is 0 Å². The van der Waals surface area contributed by atoms with Crippen LogP contribution in [0, 0.1) is 0 Å². The highest BCUT2D eigenvalue weighted by Gasteiger charge is 2.32. The second-order valence-electron chi connectivity index (χ2n) is 5.56. The summed E-state index contributed by atoms with van der Waals surface area (Å²) in [4.78, 5) is 7.51. The van der Waals surface area contributed by atoms with E-state index in [4.69, 9.17) is 4.98 Å². The molecule has 0 N–H and O–H groups in total. The Balaban J connectivity index is 1.52. The summed E-state index contributed by atoms with van der Waals surface area (Å²) in [5.74, 6) is 0.706. The van der Waals surface area contributed by atoms with Crippen LogP contribution < -0.4 is 0 Å². The summed E-state index contributed by atoms with van der Waals surface area (Å²) in [6.07, 6.45) is 5.48. The lowest BCUT2D eigenvalue weighted by Gasteiger charge is -2.30. The van der Waals surface area contributed by atoms with Crippen molar-refractivity contribution in [1.82, 2.24) is 9.88 Å². The van der Waals surface area contributed by atoms with Crippen LogP contribution in [0.2, 0.25) is 0 Å². The molecule has 1 aliphatic carbocycles. The number of hydrogen-bond acceptors (Lipinski definition) is 3. The molecule has 1 aromatic heterocycles. The fourth-order valence-corrected chi connectivity index (χ4v) is 4.15. The fourth-order valence-electron chi connectivity index (χ4n) is 3.02. The van der Waals surface area contributed by atoms with Crippen molar-refractivity contribution in [3.05, 3.63) is 29.3 Å². The number of thiazole rings is 1. The van der Waals surface area contributed by atoms with Crippen molar-refractivity contribution in [3.63, 3.8) is 0 Å². The van der Waals surface area contributed by atoms with Gasteiger partial charge in [-0.3, -0.25) is 0 Å². The Hall–Kier alpha value is -0.930. The van der Waals surface area contributed by atoms with Gasteiger partial charge in [-0.2, -0.15) is 0 Å². The molecule has 2 heterocycles. The third-order valence-electron chi connectivity index (χ3n) is 4.25. The number of rotatable bonds is 2. The highest BCUT2D eigenvalue weighted by molar-refractivity contribution is 7.18. The second kappa shape index (κ2) is 4.32. The SMILES string of the molecule is c1ccc2sc(C3CCN(C4CC4)CC3)nc2c1. The van der Waals surface area contributed by atoms with Crippen molar-refractivity contribution < 1.29 is 0 Å². The third kappa shape index (κ3) is 1.95. The van der Waals surface area contributed by atoms with Crippen LogP contribution in [0.15, 0.2) is 24.3 Å². The molecule has 2 aromatic rings. The number of para-hydroxylation sites is 1. The van der Waals surface area contributed by atoms with E-state index in [2.05, 4.69) is 29.2 Å². The highest BCUT2D eigenvalue weighted by atomic mass is 32.1. The van der Waals surface area contributed by atoms with E-state index < -0.39 is 0 Å². The maximum absolute atomic E-state index is 4.82. The topological polar surface area (TPSA) is 16.1 Å². The molecular weight excluding hydrogens is 240 g/mol. The molecule has 0 atom stereocenters. The molecule has 0 radical (unpaired) electrons. The van der Waals surface area contributed by atoms with Crippen LogP contribution in [0.1, 0.15) is 36.6 Å². The van der Waals surface area contributed by atoms with Gasteiger partial charge in [-0.1, -0.05) is 12.1 Å². The second-order valence-corrected chi connectivity index (χ2v) is 6.62. The van der Waals surface area contributed by atoms with Crippen molar-refractivity contribution in [3.8, 4) is 0 Å². The average molecular weight is 258 g/mol. The van der Waals surface area contributed by atoms with Crippen LogP contribution in [0.3, 0.4) is 0 Å².